The summed E-state index contributed by atoms with van der Waals surface area (Å²) in [6.45, 7) is 40.8. The molecule has 0 heterocycles. The number of allylic oxidation sites excluding steroid dienone is 8. The Kier molecular flexibility index (Phi) is 77.5. The fourth-order valence-corrected chi connectivity index (χ4v) is 21.7. The Hall–Kier alpha value is -5.32. The summed E-state index contributed by atoms with van der Waals surface area (Å²) in [5.41, 5.74) is 14.6. The zero-order valence-electron chi connectivity index (χ0n) is 94.7. The molecule has 1 unspecified atom stereocenters. The predicted molar refractivity (Wildman–Crippen MR) is 588 cm³/mol. The van der Waals surface area contributed by atoms with E-state index in [0.717, 1.165) is 89.9 Å². The van der Waals surface area contributed by atoms with Gasteiger partial charge in [-0.2, -0.15) is 0 Å². The Balaban J connectivity index is 0.881. The number of ether oxygens (including phenoxy) is 11. The van der Waals surface area contributed by atoms with E-state index in [4.69, 9.17) is 52.1 Å². The van der Waals surface area contributed by atoms with E-state index in [1.165, 1.54) is 193 Å². The number of rotatable bonds is 98. The maximum atomic E-state index is 13.6. The first-order valence-corrected chi connectivity index (χ1v) is 58.9. The molecule has 0 aromatic heterocycles. The predicted octanol–water partition coefficient (Wildman–Crippen LogP) is 24.3. The molecule has 4 rings (SSSR count). The van der Waals surface area contributed by atoms with Gasteiger partial charge in [-0.15, -0.1) is 0 Å². The highest BCUT2D eigenvalue weighted by Crippen LogP contribution is 2.46. The number of nitrogens with one attached hydrogen (secondary N) is 6. The van der Waals surface area contributed by atoms with Gasteiger partial charge in [0.2, 0.25) is 35.4 Å². The van der Waals surface area contributed by atoms with Gasteiger partial charge in [0.25, 0.3) is 0 Å². The minimum absolute atomic E-state index is 0.0781. The van der Waals surface area contributed by atoms with Crippen LogP contribution in [0.2, 0.25) is 0 Å². The van der Waals surface area contributed by atoms with Crippen molar-refractivity contribution < 1.29 is 90.5 Å². The van der Waals surface area contributed by atoms with Crippen LogP contribution in [0.25, 0.3) is 0 Å². The van der Waals surface area contributed by atoms with Crippen LogP contribution in [-0.2, 0) is 90.5 Å². The molecule has 0 aliphatic heterocycles. The van der Waals surface area contributed by atoms with Gasteiger partial charge in [0.05, 0.1) is 119 Å². The Morgan fingerprint density at radius 3 is 0.669 bits per heavy atom. The van der Waals surface area contributed by atoms with Gasteiger partial charge in [-0.05, 0) is 255 Å². The van der Waals surface area contributed by atoms with Crippen LogP contribution in [-0.4, -0.2) is 232 Å². The molecule has 0 fully saturated rings. The summed E-state index contributed by atoms with van der Waals surface area (Å²) >= 11 is 0. The van der Waals surface area contributed by atoms with Crippen molar-refractivity contribution >= 4 is 47.0 Å². The molecule has 0 aromatic rings. The van der Waals surface area contributed by atoms with Gasteiger partial charge in [0, 0.05) is 129 Å². The first-order valence-electron chi connectivity index (χ1n) is 58.9. The zero-order chi connectivity index (χ0) is 105. The highest BCUT2D eigenvalue weighted by atomic mass is 16.6. The molecule has 6 N–H and O–H groups in total. The van der Waals surface area contributed by atoms with Crippen LogP contribution in [0.3, 0.4) is 0 Å². The summed E-state index contributed by atoms with van der Waals surface area (Å²) < 4.78 is 62.2. The number of amides is 6. The van der Waals surface area contributed by atoms with Crippen LogP contribution in [0.5, 0.6) is 0 Å². The normalized spacial score (nSPS) is 16.1. The van der Waals surface area contributed by atoms with E-state index in [2.05, 4.69) is 115 Å². The maximum Gasteiger partial charge on any atom is 0.223 e. The number of ketones is 2. The summed E-state index contributed by atoms with van der Waals surface area (Å²) in [4.78, 5) is 104. The zero-order valence-corrected chi connectivity index (χ0v) is 94.7. The van der Waals surface area contributed by atoms with Crippen LogP contribution in [0.4, 0.5) is 0 Å². The third-order valence-corrected chi connectivity index (χ3v) is 30.5. The van der Waals surface area contributed by atoms with E-state index >= 15 is 0 Å². The van der Waals surface area contributed by atoms with Crippen LogP contribution >= 0.6 is 0 Å². The SMILES string of the molecule is CC1=C(CCCCCCCCC(=O)CC(CCCCNC(=O)CCCCCCCCC2=C(C)CCCC2(C)C)C(=O)NCCCOCCOCCOCCCNC(=O)CCOCCOCCOCCOCCOCCC(=O)NCCCOCCOCCOCCCNC(=O)[C@H](CCCCNC(=O)CCCCCCCCC2=C(C)CCCC2(C)C)CC(=O)CCCCCCCCC2=C(C)CCCC2(C)C)C(C)(C)CCC1. The summed E-state index contributed by atoms with van der Waals surface area (Å²) in [5, 5.41) is 18.2. The molecule has 6 amide bonds. The summed E-state index contributed by atoms with van der Waals surface area (Å²) in [6, 6.07) is 0. The van der Waals surface area contributed by atoms with E-state index in [9.17, 15) is 38.4 Å². The maximum absolute atomic E-state index is 13.6. The lowest BCUT2D eigenvalue weighted by molar-refractivity contribution is -0.129. The van der Waals surface area contributed by atoms with Crippen molar-refractivity contribution in [1.82, 2.24) is 31.9 Å². The van der Waals surface area contributed by atoms with Gasteiger partial charge in [-0.1, -0.05) is 216 Å². The van der Waals surface area contributed by atoms with E-state index in [1.807, 2.05) is 0 Å². The number of carbonyl (C=O) groups excluding carboxylic acids is 8. The first kappa shape index (κ1) is 132. The van der Waals surface area contributed by atoms with E-state index in [-0.39, 0.29) is 84.5 Å². The lowest BCUT2D eigenvalue weighted by atomic mass is 9.71. The Morgan fingerprint density at radius 2 is 0.421 bits per heavy atom. The first-order chi connectivity index (χ1) is 70.1. The molecule has 0 saturated heterocycles. The van der Waals surface area contributed by atoms with Crippen molar-refractivity contribution in [2.24, 2.45) is 33.5 Å². The average molecular weight is 2050 g/mol. The smallest absolute Gasteiger partial charge is 0.223 e. The van der Waals surface area contributed by atoms with Crippen LogP contribution in [0.15, 0.2) is 44.6 Å². The quantitative estimate of drug-likeness (QED) is 0.0243. The molecule has 25 nitrogen and oxygen atoms in total. The molecule has 4 aliphatic rings. The molecule has 4 aliphatic carbocycles. The van der Waals surface area contributed by atoms with Gasteiger partial charge in [0.15, 0.2) is 0 Å². The molecule has 840 valence electrons. The molecular weight excluding hydrogens is 1830 g/mol. The Labute approximate surface area is 882 Å². The van der Waals surface area contributed by atoms with Gasteiger partial charge in [-0.3, -0.25) is 38.4 Å². The highest BCUT2D eigenvalue weighted by Gasteiger charge is 2.33. The molecule has 145 heavy (non-hydrogen) atoms. The van der Waals surface area contributed by atoms with Gasteiger partial charge >= 0.3 is 0 Å². The third kappa shape index (κ3) is 68.4. The topological polar surface area (TPSA) is 310 Å². The lowest BCUT2D eigenvalue weighted by Crippen LogP contribution is -2.33. The number of hydrogen-bond acceptors (Lipinski definition) is 19. The average Bonchev–Trinajstić information content (AvgIpc) is 0.836. The summed E-state index contributed by atoms with van der Waals surface area (Å²) in [6.07, 6.45) is 57.7. The second kappa shape index (κ2) is 85.2. The van der Waals surface area contributed by atoms with Crippen molar-refractivity contribution in [2.75, 3.05) is 185 Å². The summed E-state index contributed by atoms with van der Waals surface area (Å²) in [5.74, 6) is -0.572. The molecule has 2 atom stereocenters. The van der Waals surface area contributed by atoms with E-state index < -0.39 is 0 Å². The van der Waals surface area contributed by atoms with Crippen LogP contribution in [0.1, 0.15) is 455 Å². The van der Waals surface area contributed by atoms with Crippen molar-refractivity contribution in [3.63, 3.8) is 0 Å². The largest absolute Gasteiger partial charge is 0.379 e. The van der Waals surface area contributed by atoms with E-state index in [0.29, 0.717) is 270 Å². The minimum Gasteiger partial charge on any atom is -0.379 e. The second-order valence-electron chi connectivity index (χ2n) is 45.0. The van der Waals surface area contributed by atoms with Crippen LogP contribution < -0.4 is 31.9 Å². The number of Topliss-reactive ketones (excluding diaryl/α,β-unsaturated/α-hetero) is 2. The highest BCUT2D eigenvalue weighted by molar-refractivity contribution is 5.87. The van der Waals surface area contributed by atoms with Crippen molar-refractivity contribution in [1.29, 1.82) is 0 Å². The molecule has 0 spiro atoms. The summed E-state index contributed by atoms with van der Waals surface area (Å²) in [7, 11) is 0. The van der Waals surface area contributed by atoms with Crippen molar-refractivity contribution in [3.05, 3.63) is 44.6 Å². The molecule has 25 heteroatoms. The third-order valence-electron chi connectivity index (χ3n) is 30.5. The molecule has 0 aromatic carbocycles. The fraction of sp³-hybridized carbons (Fsp3) is 0.867. The van der Waals surface area contributed by atoms with Gasteiger partial charge in [0.1, 0.15) is 11.6 Å². The fourth-order valence-electron chi connectivity index (χ4n) is 21.7. The molecule has 0 radical (unpaired) electrons. The number of unbranched alkanes of at least 4 members (excludes halogenated alkanes) is 22. The van der Waals surface area contributed by atoms with Gasteiger partial charge < -0.3 is 84.0 Å². The van der Waals surface area contributed by atoms with Crippen LogP contribution in [0, 0.1) is 33.5 Å². The van der Waals surface area contributed by atoms with Crippen molar-refractivity contribution in [3.8, 4) is 0 Å². The minimum atomic E-state index is -0.386. The van der Waals surface area contributed by atoms with E-state index in [1.54, 1.807) is 44.6 Å². The van der Waals surface area contributed by atoms with Crippen molar-refractivity contribution in [2.45, 2.75) is 455 Å². The van der Waals surface area contributed by atoms with Gasteiger partial charge in [-0.25, -0.2) is 0 Å². The Morgan fingerprint density at radius 1 is 0.221 bits per heavy atom. The monoisotopic (exact) mass is 2050 g/mol. The standard InChI is InChI=1S/C120H216N6O19/c1-99-49-41-65-117(5,6)107(99)57-31-23-15-13-21-29-55-105(127)97-103(53-37-39-69-121-111(129)61-35-27-19-17-25-33-59-109-101(3)51-43-67-119(109,9)10)115(133)125-73-47-77-137-83-89-141-87-81-135-75-45-71-123-113(131)63-79-139-85-91-143-93-95-145-96-94-144-92-86-140-80-64-114(132)124-72-46-76-136-82-88-142-90-84-138-78-48-74-126-116(134)104(98-106(128)56-30-22-14-16-24-32-58-108-100(2)50-42-66-118(108,7)8)54-38-40-70-122-112(130)62-36-28-20-18-26-34-60-110-102(4)52-44-68-120(110,11)12/h103-104H,13-98H2,1-12H3,(H,121,129)(H,122,130)(H,123,131)(H,124,132)(H,125,133)(H,126,134)/t103-,104?/m1/s1. The lowest BCUT2D eigenvalue weighted by Gasteiger charge is -2.34. The molecule has 0 saturated carbocycles. The second-order valence-corrected chi connectivity index (χ2v) is 45.0. The molecule has 0 bridgehead atoms. The molecular formula is C120H216N6O19. The number of hydrogen-bond donors (Lipinski definition) is 6. The number of carbonyl (C=O) groups is 8. The Bertz CT molecular complexity index is 3330.